The maximum Gasteiger partial charge on any atom is 0.341 e. The third-order valence-corrected chi connectivity index (χ3v) is 5.53. The van der Waals surface area contributed by atoms with E-state index in [4.69, 9.17) is 0 Å². The van der Waals surface area contributed by atoms with Gasteiger partial charge in [0, 0.05) is 12.4 Å². The van der Waals surface area contributed by atoms with Crippen LogP contribution in [0.4, 0.5) is 8.78 Å². The third kappa shape index (κ3) is 3.50. The first kappa shape index (κ1) is 19.6. The van der Waals surface area contributed by atoms with Crippen LogP contribution >= 0.6 is 0 Å². The molecule has 0 fully saturated rings. The topological polar surface area (TPSA) is 98.1 Å². The van der Waals surface area contributed by atoms with Gasteiger partial charge in [-0.25, -0.2) is 13.1 Å². The SMILES string of the molecule is CNC(=O)c1nn(Cc2ccc(S(=O)(=O)C(F)F)cc2)c(=O)c2ccccc12. The van der Waals surface area contributed by atoms with Gasteiger partial charge in [-0.2, -0.15) is 13.9 Å². The van der Waals surface area contributed by atoms with Gasteiger partial charge in [-0.3, -0.25) is 9.59 Å². The standard InChI is InChI=1S/C18H15F2N3O4S/c1-21-16(24)15-13-4-2-3-5-14(13)17(25)23(22-15)10-11-6-8-12(9-7-11)28(26,27)18(19)20/h2-9,18H,10H2,1H3,(H,21,24). The Labute approximate surface area is 158 Å². The van der Waals surface area contributed by atoms with E-state index in [2.05, 4.69) is 10.4 Å². The molecule has 3 rings (SSSR count). The van der Waals surface area contributed by atoms with Crippen LogP contribution < -0.4 is 10.9 Å². The van der Waals surface area contributed by atoms with Crippen LogP contribution in [0.5, 0.6) is 0 Å². The lowest BCUT2D eigenvalue weighted by atomic mass is 10.1. The predicted octanol–water partition coefficient (Wildman–Crippen LogP) is 1.80. The van der Waals surface area contributed by atoms with Crippen LogP contribution in [-0.4, -0.2) is 36.9 Å². The maximum absolute atomic E-state index is 12.7. The minimum atomic E-state index is -4.70. The molecule has 0 saturated carbocycles. The molecule has 1 N–H and O–H groups in total. The summed E-state index contributed by atoms with van der Waals surface area (Å²) < 4.78 is 49.3. The van der Waals surface area contributed by atoms with Crippen LogP contribution in [-0.2, 0) is 16.4 Å². The molecule has 0 atom stereocenters. The molecule has 2 aromatic carbocycles. The summed E-state index contributed by atoms with van der Waals surface area (Å²) in [5.74, 6) is -3.98. The van der Waals surface area contributed by atoms with Gasteiger partial charge in [-0.05, 0) is 23.8 Å². The lowest BCUT2D eigenvalue weighted by molar-refractivity contribution is 0.0957. The van der Waals surface area contributed by atoms with Gasteiger partial charge in [-0.15, -0.1) is 0 Å². The normalized spacial score (nSPS) is 11.7. The second-order valence-electron chi connectivity index (χ2n) is 5.89. The number of nitrogens with one attached hydrogen (secondary N) is 1. The van der Waals surface area contributed by atoms with E-state index >= 15 is 0 Å². The quantitative estimate of drug-likeness (QED) is 0.696. The summed E-state index contributed by atoms with van der Waals surface area (Å²) >= 11 is 0. The Kier molecular flexibility index (Phi) is 5.23. The van der Waals surface area contributed by atoms with Crippen LogP contribution in [0, 0.1) is 0 Å². The number of alkyl halides is 2. The largest absolute Gasteiger partial charge is 0.354 e. The van der Waals surface area contributed by atoms with Crippen LogP contribution in [0.3, 0.4) is 0 Å². The fourth-order valence-electron chi connectivity index (χ4n) is 2.69. The summed E-state index contributed by atoms with van der Waals surface area (Å²) in [6.07, 6.45) is 0. The number of hydrogen-bond acceptors (Lipinski definition) is 5. The number of fused-ring (bicyclic) bond motifs is 1. The summed E-state index contributed by atoms with van der Waals surface area (Å²) in [5.41, 5.74) is 0.0862. The Morgan fingerprint density at radius 2 is 1.71 bits per heavy atom. The highest BCUT2D eigenvalue weighted by atomic mass is 32.2. The minimum Gasteiger partial charge on any atom is -0.354 e. The molecule has 1 aromatic heterocycles. The number of nitrogens with zero attached hydrogens (tertiary/aromatic N) is 2. The monoisotopic (exact) mass is 407 g/mol. The lowest BCUT2D eigenvalue weighted by Crippen LogP contribution is -2.29. The van der Waals surface area contributed by atoms with E-state index in [9.17, 15) is 26.8 Å². The van der Waals surface area contributed by atoms with Gasteiger partial charge in [0.1, 0.15) is 0 Å². The molecule has 146 valence electrons. The first-order chi connectivity index (χ1) is 13.3. The molecule has 7 nitrogen and oxygen atoms in total. The molecule has 0 unspecified atom stereocenters. The molecule has 28 heavy (non-hydrogen) atoms. The molecule has 0 aliphatic carbocycles. The number of carbonyl (C=O) groups excluding carboxylic acids is 1. The van der Waals surface area contributed by atoms with Crippen molar-refractivity contribution in [1.29, 1.82) is 0 Å². The summed E-state index contributed by atoms with van der Waals surface area (Å²) in [6, 6.07) is 11.2. The van der Waals surface area contributed by atoms with Crippen molar-refractivity contribution in [3.05, 3.63) is 70.1 Å². The van der Waals surface area contributed by atoms with Crippen molar-refractivity contribution in [3.8, 4) is 0 Å². The van der Waals surface area contributed by atoms with E-state index < -0.39 is 32.0 Å². The Hall–Kier alpha value is -3.14. The molecule has 1 heterocycles. The van der Waals surface area contributed by atoms with E-state index in [0.717, 1.165) is 16.8 Å². The zero-order valence-electron chi connectivity index (χ0n) is 14.6. The molecule has 10 heteroatoms. The second kappa shape index (κ2) is 7.47. The van der Waals surface area contributed by atoms with E-state index in [-0.39, 0.29) is 12.2 Å². The smallest absolute Gasteiger partial charge is 0.341 e. The van der Waals surface area contributed by atoms with Crippen molar-refractivity contribution >= 4 is 26.5 Å². The number of benzene rings is 2. The van der Waals surface area contributed by atoms with Crippen molar-refractivity contribution in [3.63, 3.8) is 0 Å². The van der Waals surface area contributed by atoms with Gasteiger partial charge in [0.25, 0.3) is 11.5 Å². The zero-order valence-corrected chi connectivity index (χ0v) is 15.4. The van der Waals surface area contributed by atoms with Crippen molar-refractivity contribution in [2.75, 3.05) is 7.05 Å². The molecule has 0 aliphatic heterocycles. The highest BCUT2D eigenvalue weighted by Gasteiger charge is 2.26. The number of carbonyl (C=O) groups is 1. The molecular weight excluding hydrogens is 392 g/mol. The fourth-order valence-corrected chi connectivity index (χ4v) is 3.41. The summed E-state index contributed by atoms with van der Waals surface area (Å²) in [7, 11) is -3.25. The number of amides is 1. The minimum absolute atomic E-state index is 0.0644. The molecule has 0 radical (unpaired) electrons. The van der Waals surface area contributed by atoms with Crippen molar-refractivity contribution in [2.24, 2.45) is 0 Å². The Balaban J connectivity index is 2.04. The molecule has 0 spiro atoms. The average Bonchev–Trinajstić information content (AvgIpc) is 2.70. The van der Waals surface area contributed by atoms with Gasteiger partial charge in [0.15, 0.2) is 5.69 Å². The molecule has 3 aromatic rings. The van der Waals surface area contributed by atoms with Crippen molar-refractivity contribution < 1.29 is 22.0 Å². The van der Waals surface area contributed by atoms with Gasteiger partial charge in [0.2, 0.25) is 9.84 Å². The molecule has 0 aliphatic rings. The van der Waals surface area contributed by atoms with Crippen LogP contribution in [0.1, 0.15) is 16.1 Å². The number of aromatic nitrogens is 2. The van der Waals surface area contributed by atoms with Crippen LogP contribution in [0.25, 0.3) is 10.8 Å². The lowest BCUT2D eigenvalue weighted by Gasteiger charge is -2.11. The first-order valence-electron chi connectivity index (χ1n) is 8.08. The summed E-state index contributed by atoms with van der Waals surface area (Å²) in [5, 5.41) is 7.29. The highest BCUT2D eigenvalue weighted by molar-refractivity contribution is 7.91. The summed E-state index contributed by atoms with van der Waals surface area (Å²) in [6.45, 7) is -0.0668. The van der Waals surface area contributed by atoms with Crippen molar-refractivity contribution in [2.45, 2.75) is 17.2 Å². The van der Waals surface area contributed by atoms with Gasteiger partial charge < -0.3 is 5.32 Å². The number of hydrogen-bond donors (Lipinski definition) is 1. The zero-order chi connectivity index (χ0) is 20.5. The molecule has 0 bridgehead atoms. The fraction of sp³-hybridized carbons (Fsp3) is 0.167. The number of rotatable bonds is 5. The third-order valence-electron chi connectivity index (χ3n) is 4.13. The van der Waals surface area contributed by atoms with Gasteiger partial charge in [-0.1, -0.05) is 30.3 Å². The van der Waals surface area contributed by atoms with E-state index in [1.54, 1.807) is 24.3 Å². The van der Waals surface area contributed by atoms with E-state index in [1.807, 2.05) is 0 Å². The molecular formula is C18H15F2N3O4S. The van der Waals surface area contributed by atoms with E-state index in [0.29, 0.717) is 16.3 Å². The molecule has 0 saturated heterocycles. The average molecular weight is 407 g/mol. The van der Waals surface area contributed by atoms with Crippen LogP contribution in [0.15, 0.2) is 58.2 Å². The second-order valence-corrected chi connectivity index (χ2v) is 7.80. The first-order valence-corrected chi connectivity index (χ1v) is 9.63. The number of halogens is 2. The Bertz CT molecular complexity index is 1210. The number of sulfone groups is 1. The maximum atomic E-state index is 12.7. The highest BCUT2D eigenvalue weighted by Crippen LogP contribution is 2.19. The predicted molar refractivity (Wildman–Crippen MR) is 98.1 cm³/mol. The van der Waals surface area contributed by atoms with Crippen LogP contribution in [0.2, 0.25) is 0 Å². The van der Waals surface area contributed by atoms with Gasteiger partial charge in [0.05, 0.1) is 16.8 Å². The van der Waals surface area contributed by atoms with Crippen molar-refractivity contribution in [1.82, 2.24) is 15.1 Å². The van der Waals surface area contributed by atoms with E-state index in [1.165, 1.54) is 19.2 Å². The Morgan fingerprint density at radius 3 is 2.29 bits per heavy atom. The van der Waals surface area contributed by atoms with Gasteiger partial charge >= 0.3 is 5.76 Å². The Morgan fingerprint density at radius 1 is 1.11 bits per heavy atom. The summed E-state index contributed by atoms with van der Waals surface area (Å²) in [4.78, 5) is 24.3. The molecule has 1 amide bonds.